The minimum Gasteiger partial charge on any atom is -0.389 e. The molecule has 100 valence electrons. The molecule has 0 amide bonds. The largest absolute Gasteiger partial charge is 0.389 e. The highest BCUT2D eigenvalue weighted by Crippen LogP contribution is 2.27. The highest BCUT2D eigenvalue weighted by molar-refractivity contribution is 7.99. The molecule has 3 nitrogen and oxygen atoms in total. The molecule has 0 spiro atoms. The summed E-state index contributed by atoms with van der Waals surface area (Å²) in [5.41, 5.74) is 0.418. The minimum atomic E-state index is -0.561. The predicted octanol–water partition coefficient (Wildman–Crippen LogP) is 2.64. The van der Waals surface area contributed by atoms with Crippen LogP contribution in [0.2, 0.25) is 5.15 Å². The van der Waals surface area contributed by atoms with E-state index in [2.05, 4.69) is 10.3 Å². The van der Waals surface area contributed by atoms with E-state index < -0.39 is 5.60 Å². The van der Waals surface area contributed by atoms with Crippen LogP contribution in [0, 0.1) is 0 Å². The van der Waals surface area contributed by atoms with Gasteiger partial charge in [-0.05, 0) is 37.3 Å². The lowest BCUT2D eigenvalue weighted by atomic mass is 9.96. The van der Waals surface area contributed by atoms with Gasteiger partial charge in [-0.3, -0.25) is 0 Å². The van der Waals surface area contributed by atoms with E-state index in [9.17, 15) is 5.11 Å². The van der Waals surface area contributed by atoms with Crippen LogP contribution in [-0.4, -0.2) is 33.7 Å². The van der Waals surface area contributed by atoms with E-state index in [1.54, 1.807) is 6.20 Å². The number of pyridine rings is 1. The summed E-state index contributed by atoms with van der Waals surface area (Å²) in [5.74, 6) is 2.08. The van der Waals surface area contributed by atoms with Crippen molar-refractivity contribution < 1.29 is 5.11 Å². The Kier molecular flexibility index (Phi) is 4.90. The number of aromatic nitrogens is 1. The van der Waals surface area contributed by atoms with Gasteiger partial charge >= 0.3 is 0 Å². The number of rotatable bonds is 4. The summed E-state index contributed by atoms with van der Waals surface area (Å²) in [6.07, 6.45) is 3.40. The van der Waals surface area contributed by atoms with Crippen molar-refractivity contribution in [1.82, 2.24) is 10.3 Å². The van der Waals surface area contributed by atoms with Crippen molar-refractivity contribution >= 4 is 23.4 Å². The standard InChI is InChI=1S/C13H19ClN2OS/c1-10(11-3-2-6-15-12(11)14)16-9-13(17)4-7-18-8-5-13/h2-3,6,10,16-17H,4-5,7-9H2,1H3. The Morgan fingerprint density at radius 3 is 2.94 bits per heavy atom. The van der Waals surface area contributed by atoms with Crippen LogP contribution in [-0.2, 0) is 0 Å². The highest BCUT2D eigenvalue weighted by Gasteiger charge is 2.29. The summed E-state index contributed by atoms with van der Waals surface area (Å²) in [6.45, 7) is 2.66. The van der Waals surface area contributed by atoms with Crippen molar-refractivity contribution in [3.05, 3.63) is 29.0 Å². The van der Waals surface area contributed by atoms with E-state index in [4.69, 9.17) is 11.6 Å². The minimum absolute atomic E-state index is 0.102. The van der Waals surface area contributed by atoms with E-state index >= 15 is 0 Å². The van der Waals surface area contributed by atoms with Gasteiger partial charge in [0, 0.05) is 24.3 Å². The lowest BCUT2D eigenvalue weighted by Gasteiger charge is -2.33. The number of aliphatic hydroxyl groups is 1. The van der Waals surface area contributed by atoms with Crippen molar-refractivity contribution in [3.8, 4) is 0 Å². The van der Waals surface area contributed by atoms with E-state index in [-0.39, 0.29) is 6.04 Å². The van der Waals surface area contributed by atoms with Gasteiger partial charge in [-0.1, -0.05) is 17.7 Å². The molecular weight excluding hydrogens is 268 g/mol. The average Bonchev–Trinajstić information content (AvgIpc) is 2.38. The molecule has 18 heavy (non-hydrogen) atoms. The summed E-state index contributed by atoms with van der Waals surface area (Å²) >= 11 is 7.97. The molecule has 1 fully saturated rings. The monoisotopic (exact) mass is 286 g/mol. The van der Waals surface area contributed by atoms with Gasteiger partial charge in [-0.2, -0.15) is 11.8 Å². The molecule has 1 aromatic heterocycles. The van der Waals surface area contributed by atoms with Crippen LogP contribution in [0.3, 0.4) is 0 Å². The molecule has 0 radical (unpaired) electrons. The number of hydrogen-bond acceptors (Lipinski definition) is 4. The number of thioether (sulfide) groups is 1. The molecule has 0 aromatic carbocycles. The van der Waals surface area contributed by atoms with Gasteiger partial charge in [0.15, 0.2) is 0 Å². The van der Waals surface area contributed by atoms with Crippen LogP contribution in [0.5, 0.6) is 0 Å². The zero-order valence-electron chi connectivity index (χ0n) is 10.5. The second-order valence-electron chi connectivity index (χ2n) is 4.82. The fraction of sp³-hybridized carbons (Fsp3) is 0.615. The van der Waals surface area contributed by atoms with Gasteiger partial charge in [0.1, 0.15) is 5.15 Å². The smallest absolute Gasteiger partial charge is 0.133 e. The van der Waals surface area contributed by atoms with Gasteiger partial charge in [-0.15, -0.1) is 0 Å². The van der Waals surface area contributed by atoms with Crippen LogP contribution in [0.25, 0.3) is 0 Å². The maximum Gasteiger partial charge on any atom is 0.133 e. The first-order valence-electron chi connectivity index (χ1n) is 6.25. The van der Waals surface area contributed by atoms with Gasteiger partial charge in [0.05, 0.1) is 5.60 Å². The van der Waals surface area contributed by atoms with Gasteiger partial charge in [0.2, 0.25) is 0 Å². The Balaban J connectivity index is 1.92. The maximum absolute atomic E-state index is 10.4. The second kappa shape index (κ2) is 6.24. The van der Waals surface area contributed by atoms with Gasteiger partial charge in [0.25, 0.3) is 0 Å². The zero-order chi connectivity index (χ0) is 13.0. The third-order valence-electron chi connectivity index (χ3n) is 3.42. The number of nitrogens with zero attached hydrogens (tertiary/aromatic N) is 1. The number of nitrogens with one attached hydrogen (secondary N) is 1. The highest BCUT2D eigenvalue weighted by atomic mass is 35.5. The third-order valence-corrected chi connectivity index (χ3v) is 4.72. The maximum atomic E-state index is 10.4. The molecule has 0 saturated carbocycles. The van der Waals surface area contributed by atoms with Crippen molar-refractivity contribution in [1.29, 1.82) is 0 Å². The van der Waals surface area contributed by atoms with Crippen molar-refractivity contribution in [2.24, 2.45) is 0 Å². The van der Waals surface area contributed by atoms with Crippen LogP contribution in [0.15, 0.2) is 18.3 Å². The third kappa shape index (κ3) is 3.60. The first kappa shape index (κ1) is 14.1. The molecule has 2 rings (SSSR count). The van der Waals surface area contributed by atoms with E-state index in [1.807, 2.05) is 30.8 Å². The normalized spacial score (nSPS) is 20.6. The Bertz CT molecular complexity index is 396. The molecule has 1 aromatic rings. The van der Waals surface area contributed by atoms with E-state index in [1.165, 1.54) is 0 Å². The average molecular weight is 287 g/mol. The van der Waals surface area contributed by atoms with Crippen LogP contribution >= 0.6 is 23.4 Å². The van der Waals surface area contributed by atoms with Crippen molar-refractivity contribution in [2.45, 2.75) is 31.4 Å². The molecule has 1 unspecified atom stereocenters. The molecule has 0 aliphatic carbocycles. The molecule has 2 N–H and O–H groups in total. The van der Waals surface area contributed by atoms with Crippen LogP contribution in [0.4, 0.5) is 0 Å². The molecule has 1 aliphatic heterocycles. The fourth-order valence-corrected chi connectivity index (χ4v) is 3.64. The summed E-state index contributed by atoms with van der Waals surface area (Å²) in [5, 5.41) is 14.3. The van der Waals surface area contributed by atoms with Crippen molar-refractivity contribution in [2.75, 3.05) is 18.1 Å². The summed E-state index contributed by atoms with van der Waals surface area (Å²) in [4.78, 5) is 4.07. The fourth-order valence-electron chi connectivity index (χ4n) is 2.10. The molecule has 1 saturated heterocycles. The molecule has 5 heteroatoms. The lowest BCUT2D eigenvalue weighted by Crippen LogP contribution is -2.44. The second-order valence-corrected chi connectivity index (χ2v) is 6.41. The first-order chi connectivity index (χ1) is 8.61. The molecule has 1 aliphatic rings. The van der Waals surface area contributed by atoms with Crippen LogP contribution < -0.4 is 5.32 Å². The van der Waals surface area contributed by atoms with Gasteiger partial charge in [-0.25, -0.2) is 4.98 Å². The number of hydrogen-bond donors (Lipinski definition) is 2. The van der Waals surface area contributed by atoms with Crippen LogP contribution in [0.1, 0.15) is 31.4 Å². The SMILES string of the molecule is CC(NCC1(O)CCSCC1)c1cccnc1Cl. The van der Waals surface area contributed by atoms with Crippen molar-refractivity contribution in [3.63, 3.8) is 0 Å². The Hall–Kier alpha value is -0.290. The summed E-state index contributed by atoms with van der Waals surface area (Å²) in [6, 6.07) is 3.95. The quantitative estimate of drug-likeness (QED) is 0.836. The Labute approximate surface area is 117 Å². The summed E-state index contributed by atoms with van der Waals surface area (Å²) < 4.78 is 0. The van der Waals surface area contributed by atoms with Gasteiger partial charge < -0.3 is 10.4 Å². The van der Waals surface area contributed by atoms with E-state index in [0.29, 0.717) is 11.7 Å². The molecule has 2 heterocycles. The Morgan fingerprint density at radius 1 is 1.56 bits per heavy atom. The number of halogens is 1. The predicted molar refractivity (Wildman–Crippen MR) is 77.2 cm³/mol. The summed E-state index contributed by atoms with van der Waals surface area (Å²) in [7, 11) is 0. The topological polar surface area (TPSA) is 45.1 Å². The first-order valence-corrected chi connectivity index (χ1v) is 7.78. The zero-order valence-corrected chi connectivity index (χ0v) is 12.1. The molecular formula is C13H19ClN2OS. The molecule has 0 bridgehead atoms. The molecule has 1 atom stereocenters. The van der Waals surface area contributed by atoms with E-state index in [0.717, 1.165) is 29.9 Å². The lowest BCUT2D eigenvalue weighted by molar-refractivity contribution is 0.0300. The Morgan fingerprint density at radius 2 is 2.28 bits per heavy atom.